The van der Waals surface area contributed by atoms with Crippen LogP contribution in [0.1, 0.15) is 6.92 Å². The zero-order chi connectivity index (χ0) is 6.15. The van der Waals surface area contributed by atoms with Crippen molar-refractivity contribution >= 4 is 18.5 Å². The highest BCUT2D eigenvalue weighted by molar-refractivity contribution is 7.81. The maximum atomic E-state index is 10.6. The van der Waals surface area contributed by atoms with Crippen LogP contribution >= 0.6 is 12.6 Å². The van der Waals surface area contributed by atoms with E-state index in [9.17, 15) is 4.79 Å². The number of hydrogen-bond acceptors (Lipinski definition) is 2. The molecule has 1 unspecified atom stereocenters. The Balaban J connectivity index is 2.56. The lowest BCUT2D eigenvalue weighted by molar-refractivity contribution is -0.118. The largest absolute Gasteiger partial charge is 0.355 e. The van der Waals surface area contributed by atoms with Crippen molar-refractivity contribution in [3.05, 3.63) is 0 Å². The van der Waals surface area contributed by atoms with Gasteiger partial charge in [0.2, 0.25) is 5.91 Å². The maximum Gasteiger partial charge on any atom is 0.233 e. The van der Waals surface area contributed by atoms with E-state index in [1.807, 2.05) is 6.92 Å². The molecular weight excluding hydrogens is 122 g/mol. The monoisotopic (exact) mass is 131 g/mol. The van der Waals surface area contributed by atoms with Gasteiger partial charge >= 0.3 is 0 Å². The van der Waals surface area contributed by atoms with Gasteiger partial charge in [-0.15, -0.1) is 0 Å². The third kappa shape index (κ3) is 0.823. The molecule has 1 saturated heterocycles. The molecule has 0 aliphatic carbocycles. The molecular formula is C5H9NOS. The lowest BCUT2D eigenvalue weighted by atomic mass is 10.1. The first kappa shape index (κ1) is 5.95. The summed E-state index contributed by atoms with van der Waals surface area (Å²) in [7, 11) is 0. The highest BCUT2D eigenvalue weighted by atomic mass is 32.1. The van der Waals surface area contributed by atoms with Crippen molar-refractivity contribution in [3.8, 4) is 0 Å². The average Bonchev–Trinajstić information content (AvgIpc) is 1.98. The predicted molar refractivity (Wildman–Crippen MR) is 34.9 cm³/mol. The molecule has 46 valence electrons. The van der Waals surface area contributed by atoms with Gasteiger partial charge in [-0.05, 0) is 5.92 Å². The topological polar surface area (TPSA) is 29.1 Å². The van der Waals surface area contributed by atoms with Crippen molar-refractivity contribution in [1.29, 1.82) is 0 Å². The summed E-state index contributed by atoms with van der Waals surface area (Å²) in [6, 6.07) is 0. The van der Waals surface area contributed by atoms with E-state index in [1.54, 1.807) is 0 Å². The third-order valence-electron chi connectivity index (χ3n) is 1.41. The molecule has 1 rings (SSSR count). The summed E-state index contributed by atoms with van der Waals surface area (Å²) in [5, 5.41) is 2.63. The second-order valence-electron chi connectivity index (χ2n) is 2.17. The van der Waals surface area contributed by atoms with E-state index in [1.165, 1.54) is 0 Å². The Bertz CT molecular complexity index is 115. The van der Waals surface area contributed by atoms with Gasteiger partial charge in [-0.3, -0.25) is 4.79 Å². The van der Waals surface area contributed by atoms with Crippen molar-refractivity contribution in [1.82, 2.24) is 5.32 Å². The van der Waals surface area contributed by atoms with E-state index in [2.05, 4.69) is 17.9 Å². The van der Waals surface area contributed by atoms with Gasteiger partial charge in [-0.25, -0.2) is 0 Å². The van der Waals surface area contributed by atoms with Crippen LogP contribution in [-0.2, 0) is 4.79 Å². The van der Waals surface area contributed by atoms with Crippen molar-refractivity contribution in [2.24, 2.45) is 5.92 Å². The van der Waals surface area contributed by atoms with E-state index < -0.39 is 0 Å². The van der Waals surface area contributed by atoms with Gasteiger partial charge in [-0.1, -0.05) is 6.92 Å². The van der Waals surface area contributed by atoms with Gasteiger partial charge in [0.25, 0.3) is 0 Å². The van der Waals surface area contributed by atoms with Crippen LogP contribution in [0.4, 0.5) is 0 Å². The molecule has 1 fully saturated rings. The molecule has 2 atom stereocenters. The summed E-state index contributed by atoms with van der Waals surface area (Å²) in [5.41, 5.74) is 0. The molecule has 1 amide bonds. The van der Waals surface area contributed by atoms with Crippen LogP contribution in [0.2, 0.25) is 0 Å². The normalized spacial score (nSPS) is 37.5. The Morgan fingerprint density at radius 3 is 2.62 bits per heavy atom. The fourth-order valence-corrected chi connectivity index (χ4v) is 0.933. The molecule has 0 saturated carbocycles. The van der Waals surface area contributed by atoms with Gasteiger partial charge in [0.05, 0.1) is 5.25 Å². The fourth-order valence-electron chi connectivity index (χ4n) is 0.736. The standard InChI is InChI=1S/C5H9NOS/c1-3-2-6-5(7)4(3)8/h3-4,8H,2H2,1H3,(H,6,7)/t3?,4-/m1/s1. The predicted octanol–water partition coefficient (Wildman–Crippen LogP) is 0.0507. The van der Waals surface area contributed by atoms with Crippen LogP contribution in [-0.4, -0.2) is 17.7 Å². The second-order valence-corrected chi connectivity index (χ2v) is 2.72. The zero-order valence-corrected chi connectivity index (χ0v) is 5.61. The van der Waals surface area contributed by atoms with Crippen LogP contribution in [0.25, 0.3) is 0 Å². The lowest BCUT2D eigenvalue weighted by Crippen LogP contribution is -2.19. The minimum Gasteiger partial charge on any atom is -0.355 e. The third-order valence-corrected chi connectivity index (χ3v) is 2.15. The summed E-state index contributed by atoms with van der Waals surface area (Å²) in [5.74, 6) is 0.465. The zero-order valence-electron chi connectivity index (χ0n) is 4.72. The van der Waals surface area contributed by atoms with Gasteiger partial charge < -0.3 is 5.32 Å². The molecule has 8 heavy (non-hydrogen) atoms. The van der Waals surface area contributed by atoms with E-state index in [-0.39, 0.29) is 11.2 Å². The van der Waals surface area contributed by atoms with Crippen molar-refractivity contribution in [3.63, 3.8) is 0 Å². The Kier molecular flexibility index (Phi) is 1.47. The van der Waals surface area contributed by atoms with Crippen LogP contribution in [0.3, 0.4) is 0 Å². The van der Waals surface area contributed by atoms with Gasteiger partial charge in [0, 0.05) is 6.54 Å². The van der Waals surface area contributed by atoms with Crippen LogP contribution < -0.4 is 5.32 Å². The van der Waals surface area contributed by atoms with E-state index in [0.29, 0.717) is 5.92 Å². The fraction of sp³-hybridized carbons (Fsp3) is 0.800. The molecule has 2 nitrogen and oxygen atoms in total. The smallest absolute Gasteiger partial charge is 0.233 e. The molecule has 3 heteroatoms. The van der Waals surface area contributed by atoms with Crippen LogP contribution in [0.15, 0.2) is 0 Å². The Morgan fingerprint density at radius 1 is 1.88 bits per heavy atom. The van der Waals surface area contributed by atoms with Crippen molar-refractivity contribution < 1.29 is 4.79 Å². The summed E-state index contributed by atoms with van der Waals surface area (Å²) >= 11 is 4.07. The Labute approximate surface area is 54.1 Å². The molecule has 1 aliphatic heterocycles. The highest BCUT2D eigenvalue weighted by Crippen LogP contribution is 2.13. The minimum atomic E-state index is -0.0741. The molecule has 0 bridgehead atoms. The maximum absolute atomic E-state index is 10.6. The summed E-state index contributed by atoms with van der Waals surface area (Å²) in [6.07, 6.45) is 0. The van der Waals surface area contributed by atoms with Crippen LogP contribution in [0, 0.1) is 5.92 Å². The van der Waals surface area contributed by atoms with Crippen molar-refractivity contribution in [2.75, 3.05) is 6.54 Å². The van der Waals surface area contributed by atoms with Crippen molar-refractivity contribution in [2.45, 2.75) is 12.2 Å². The Morgan fingerprint density at radius 2 is 2.50 bits per heavy atom. The minimum absolute atomic E-state index is 0.0702. The summed E-state index contributed by atoms with van der Waals surface area (Å²) < 4.78 is 0. The number of amides is 1. The van der Waals surface area contributed by atoms with Gasteiger partial charge in [0.1, 0.15) is 0 Å². The number of thiol groups is 1. The molecule has 0 radical (unpaired) electrons. The highest BCUT2D eigenvalue weighted by Gasteiger charge is 2.27. The van der Waals surface area contributed by atoms with Crippen LogP contribution in [0.5, 0.6) is 0 Å². The average molecular weight is 131 g/mol. The van der Waals surface area contributed by atoms with E-state index in [0.717, 1.165) is 6.54 Å². The Hall–Kier alpha value is -0.180. The molecule has 1 heterocycles. The number of carbonyl (C=O) groups is 1. The summed E-state index contributed by atoms with van der Waals surface area (Å²) in [6.45, 7) is 2.79. The first-order valence-corrected chi connectivity index (χ1v) is 3.19. The van der Waals surface area contributed by atoms with Gasteiger partial charge in [0.15, 0.2) is 0 Å². The van der Waals surface area contributed by atoms with E-state index >= 15 is 0 Å². The second kappa shape index (κ2) is 1.97. The van der Waals surface area contributed by atoms with Gasteiger partial charge in [-0.2, -0.15) is 12.6 Å². The first-order chi connectivity index (χ1) is 3.72. The molecule has 1 aliphatic rings. The quantitative estimate of drug-likeness (QED) is 0.447. The lowest BCUT2D eigenvalue weighted by Gasteiger charge is -2.00. The van der Waals surface area contributed by atoms with E-state index in [4.69, 9.17) is 0 Å². The number of nitrogens with one attached hydrogen (secondary N) is 1. The molecule has 0 spiro atoms. The summed E-state index contributed by atoms with van der Waals surface area (Å²) in [4.78, 5) is 10.6. The molecule has 1 N–H and O–H groups in total. The molecule has 0 aromatic rings. The molecule has 0 aromatic carbocycles. The first-order valence-electron chi connectivity index (χ1n) is 2.67. The number of carbonyl (C=O) groups excluding carboxylic acids is 1. The SMILES string of the molecule is CC1CNC(=O)[C@@H]1S. The number of rotatable bonds is 0. The number of hydrogen-bond donors (Lipinski definition) is 2. The molecule has 0 aromatic heterocycles.